The topological polar surface area (TPSA) is 20.2 Å². The van der Waals surface area contributed by atoms with Gasteiger partial charge in [0.15, 0.2) is 0 Å². The highest BCUT2D eigenvalue weighted by Crippen LogP contribution is 2.60. The van der Waals surface area contributed by atoms with E-state index in [1.165, 1.54) is 44.9 Å². The Hall–Kier alpha value is -0.300. The quantitative estimate of drug-likeness (QED) is 0.715. The standard InChI is InChI=1S/C18H30O/c1-3-16-10-12-18(19)13-15(9-11-17(16,18)2)14-7-5-4-6-8-14/h3,14-16,19H,1,4-13H2,2H3/t15-,16-,17+,18-/m0/s1. The van der Waals surface area contributed by atoms with Gasteiger partial charge in [0.25, 0.3) is 0 Å². The van der Waals surface area contributed by atoms with Gasteiger partial charge >= 0.3 is 0 Å². The lowest BCUT2D eigenvalue weighted by Crippen LogP contribution is -2.50. The van der Waals surface area contributed by atoms with E-state index in [0.29, 0.717) is 5.92 Å². The van der Waals surface area contributed by atoms with Crippen LogP contribution in [-0.2, 0) is 0 Å². The van der Waals surface area contributed by atoms with Gasteiger partial charge in [0, 0.05) is 5.41 Å². The van der Waals surface area contributed by atoms with Gasteiger partial charge in [0.1, 0.15) is 0 Å². The van der Waals surface area contributed by atoms with Crippen LogP contribution in [0, 0.1) is 23.2 Å². The molecule has 0 spiro atoms. The zero-order valence-electron chi connectivity index (χ0n) is 12.5. The minimum Gasteiger partial charge on any atom is -0.389 e. The molecule has 0 radical (unpaired) electrons. The molecule has 0 aromatic rings. The second-order valence-electron chi connectivity index (χ2n) is 7.73. The van der Waals surface area contributed by atoms with Crippen LogP contribution in [0.1, 0.15) is 71.1 Å². The normalized spacial score (nSPS) is 47.9. The van der Waals surface area contributed by atoms with Gasteiger partial charge in [-0.2, -0.15) is 0 Å². The van der Waals surface area contributed by atoms with E-state index in [1.807, 2.05) is 0 Å². The third kappa shape index (κ3) is 2.09. The third-order valence-electron chi connectivity index (χ3n) is 6.99. The summed E-state index contributed by atoms with van der Waals surface area (Å²) in [6, 6.07) is 0. The average molecular weight is 262 g/mol. The summed E-state index contributed by atoms with van der Waals surface area (Å²) in [7, 11) is 0. The van der Waals surface area contributed by atoms with Crippen molar-refractivity contribution in [1.29, 1.82) is 0 Å². The van der Waals surface area contributed by atoms with Crippen molar-refractivity contribution < 1.29 is 5.11 Å². The van der Waals surface area contributed by atoms with Gasteiger partial charge < -0.3 is 5.11 Å². The van der Waals surface area contributed by atoms with Gasteiger partial charge in [-0.05, 0) is 49.9 Å². The summed E-state index contributed by atoms with van der Waals surface area (Å²) >= 11 is 0. The molecule has 19 heavy (non-hydrogen) atoms. The SMILES string of the molecule is C=C[C@H]1CC[C@]2(O)C[C@@H](C3CCCCC3)CC[C@]12C. The second kappa shape index (κ2) is 4.91. The van der Waals surface area contributed by atoms with Gasteiger partial charge in [0.05, 0.1) is 5.60 Å². The maximum atomic E-state index is 11.2. The highest BCUT2D eigenvalue weighted by molar-refractivity contribution is 5.13. The van der Waals surface area contributed by atoms with E-state index >= 15 is 0 Å². The van der Waals surface area contributed by atoms with Crippen LogP contribution in [-0.4, -0.2) is 10.7 Å². The minimum absolute atomic E-state index is 0.111. The van der Waals surface area contributed by atoms with Crippen molar-refractivity contribution in [3.63, 3.8) is 0 Å². The fraction of sp³-hybridized carbons (Fsp3) is 0.889. The minimum atomic E-state index is -0.397. The molecule has 0 aromatic carbocycles. The Bertz CT molecular complexity index is 344. The summed E-state index contributed by atoms with van der Waals surface area (Å²) in [5, 5.41) is 11.2. The summed E-state index contributed by atoms with van der Waals surface area (Å²) in [5.41, 5.74) is -0.286. The van der Waals surface area contributed by atoms with Crippen molar-refractivity contribution in [3.05, 3.63) is 12.7 Å². The zero-order valence-corrected chi connectivity index (χ0v) is 12.5. The van der Waals surface area contributed by atoms with Crippen LogP contribution in [0.2, 0.25) is 0 Å². The largest absolute Gasteiger partial charge is 0.389 e. The van der Waals surface area contributed by atoms with Crippen molar-refractivity contribution in [2.45, 2.75) is 76.7 Å². The Morgan fingerprint density at radius 1 is 1.00 bits per heavy atom. The molecule has 4 atom stereocenters. The molecule has 1 heteroatoms. The Balaban J connectivity index is 1.74. The highest BCUT2D eigenvalue weighted by Gasteiger charge is 2.58. The zero-order chi connectivity index (χ0) is 13.5. The average Bonchev–Trinajstić information content (AvgIpc) is 2.70. The molecule has 0 aromatic heterocycles. The molecule has 3 aliphatic rings. The lowest BCUT2D eigenvalue weighted by Gasteiger charge is -2.51. The highest BCUT2D eigenvalue weighted by atomic mass is 16.3. The Kier molecular flexibility index (Phi) is 3.53. The molecule has 0 unspecified atom stereocenters. The van der Waals surface area contributed by atoms with Crippen molar-refractivity contribution in [2.75, 3.05) is 0 Å². The third-order valence-corrected chi connectivity index (χ3v) is 6.99. The molecule has 3 aliphatic carbocycles. The van der Waals surface area contributed by atoms with Crippen LogP contribution in [0.5, 0.6) is 0 Å². The molecule has 0 saturated heterocycles. The lowest BCUT2D eigenvalue weighted by molar-refractivity contribution is -0.117. The monoisotopic (exact) mass is 262 g/mol. The summed E-state index contributed by atoms with van der Waals surface area (Å²) in [4.78, 5) is 0. The first-order valence-corrected chi connectivity index (χ1v) is 8.44. The number of rotatable bonds is 2. The Labute approximate surface area is 118 Å². The molecule has 0 heterocycles. The van der Waals surface area contributed by atoms with Gasteiger partial charge in [-0.3, -0.25) is 0 Å². The molecule has 108 valence electrons. The molecule has 3 saturated carbocycles. The molecule has 0 amide bonds. The van der Waals surface area contributed by atoms with Gasteiger partial charge in [0.2, 0.25) is 0 Å². The van der Waals surface area contributed by atoms with Crippen LogP contribution < -0.4 is 0 Å². The van der Waals surface area contributed by atoms with E-state index in [1.54, 1.807) is 0 Å². The first kappa shape index (κ1) is 13.7. The van der Waals surface area contributed by atoms with E-state index in [-0.39, 0.29) is 5.41 Å². The fourth-order valence-electron chi connectivity index (χ4n) is 5.50. The van der Waals surface area contributed by atoms with Crippen molar-refractivity contribution >= 4 is 0 Å². The second-order valence-corrected chi connectivity index (χ2v) is 7.73. The first-order chi connectivity index (χ1) is 9.09. The molecule has 0 bridgehead atoms. The van der Waals surface area contributed by atoms with Gasteiger partial charge in [-0.15, -0.1) is 6.58 Å². The predicted octanol–water partition coefficient (Wildman–Crippen LogP) is 4.70. The number of hydrogen-bond donors (Lipinski definition) is 1. The first-order valence-electron chi connectivity index (χ1n) is 8.44. The molecule has 0 aliphatic heterocycles. The van der Waals surface area contributed by atoms with Crippen LogP contribution in [0.15, 0.2) is 12.7 Å². The molecule has 3 rings (SSSR count). The van der Waals surface area contributed by atoms with Crippen molar-refractivity contribution in [1.82, 2.24) is 0 Å². The van der Waals surface area contributed by atoms with Crippen LogP contribution in [0.25, 0.3) is 0 Å². The summed E-state index contributed by atoms with van der Waals surface area (Å²) in [5.74, 6) is 2.23. The number of aliphatic hydroxyl groups is 1. The van der Waals surface area contributed by atoms with E-state index in [2.05, 4.69) is 19.6 Å². The van der Waals surface area contributed by atoms with E-state index in [4.69, 9.17) is 0 Å². The summed E-state index contributed by atoms with van der Waals surface area (Å²) in [6.07, 6.45) is 15.0. The maximum absolute atomic E-state index is 11.2. The van der Waals surface area contributed by atoms with E-state index in [0.717, 1.165) is 31.1 Å². The fourth-order valence-corrected chi connectivity index (χ4v) is 5.50. The van der Waals surface area contributed by atoms with Gasteiger partial charge in [-0.1, -0.05) is 45.1 Å². The Morgan fingerprint density at radius 3 is 2.42 bits per heavy atom. The summed E-state index contributed by atoms with van der Waals surface area (Å²) < 4.78 is 0. The number of hydrogen-bond acceptors (Lipinski definition) is 1. The maximum Gasteiger partial charge on any atom is 0.0709 e. The predicted molar refractivity (Wildman–Crippen MR) is 79.9 cm³/mol. The smallest absolute Gasteiger partial charge is 0.0709 e. The van der Waals surface area contributed by atoms with Crippen molar-refractivity contribution in [3.8, 4) is 0 Å². The van der Waals surface area contributed by atoms with Crippen LogP contribution in [0.4, 0.5) is 0 Å². The van der Waals surface area contributed by atoms with E-state index < -0.39 is 5.60 Å². The van der Waals surface area contributed by atoms with Crippen LogP contribution in [0.3, 0.4) is 0 Å². The lowest BCUT2D eigenvalue weighted by atomic mass is 9.57. The number of fused-ring (bicyclic) bond motifs is 1. The molecule has 3 fully saturated rings. The van der Waals surface area contributed by atoms with Gasteiger partial charge in [-0.25, -0.2) is 0 Å². The molecule has 1 N–H and O–H groups in total. The molecule has 1 nitrogen and oxygen atoms in total. The van der Waals surface area contributed by atoms with E-state index in [9.17, 15) is 5.11 Å². The Morgan fingerprint density at radius 2 is 1.74 bits per heavy atom. The van der Waals surface area contributed by atoms with Crippen molar-refractivity contribution in [2.24, 2.45) is 23.2 Å². The van der Waals surface area contributed by atoms with Crippen LogP contribution >= 0.6 is 0 Å². The summed E-state index contributed by atoms with van der Waals surface area (Å²) in [6.45, 7) is 6.33. The molecular formula is C18H30O. The number of allylic oxidation sites excluding steroid dienone is 1. The molecular weight excluding hydrogens is 232 g/mol.